The highest BCUT2D eigenvalue weighted by atomic mass is 16.7. The van der Waals surface area contributed by atoms with Crippen LogP contribution in [0.25, 0.3) is 0 Å². The van der Waals surface area contributed by atoms with Crippen LogP contribution in [0.5, 0.6) is 0 Å². The third-order valence-corrected chi connectivity index (χ3v) is 1.75. The zero-order valence-corrected chi connectivity index (χ0v) is 5.20. The number of ether oxygens (including phenoxy) is 2. The molecule has 0 radical (unpaired) electrons. The lowest BCUT2D eigenvalue weighted by molar-refractivity contribution is -0.185. The van der Waals surface area contributed by atoms with E-state index in [-0.39, 0.29) is 0 Å². The van der Waals surface area contributed by atoms with Crippen LogP contribution in [-0.4, -0.2) is 24.1 Å². The predicted octanol–water partition coefficient (Wildman–Crippen LogP) is -0.383. The fourth-order valence-electron chi connectivity index (χ4n) is 1.21. The molecule has 2 atom stereocenters. The van der Waals surface area contributed by atoms with Crippen molar-refractivity contribution < 1.29 is 19.1 Å². The second-order valence-electron chi connectivity index (χ2n) is 2.43. The van der Waals surface area contributed by atoms with Crippen LogP contribution in [0, 0.1) is 0 Å². The monoisotopic (exact) mass is 142 g/mol. The molecule has 54 valence electrons. The van der Waals surface area contributed by atoms with Crippen molar-refractivity contribution in [3.63, 3.8) is 0 Å². The molecule has 2 aliphatic heterocycles. The van der Waals surface area contributed by atoms with E-state index >= 15 is 0 Å². The molecule has 2 fully saturated rings. The Hall–Kier alpha value is -0.900. The summed E-state index contributed by atoms with van der Waals surface area (Å²) in [5.74, 6) is -1.06. The molecule has 0 amide bonds. The van der Waals surface area contributed by atoms with Crippen LogP contribution in [0.1, 0.15) is 12.8 Å². The Balaban J connectivity index is 2.24. The summed E-state index contributed by atoms with van der Waals surface area (Å²) in [6, 6.07) is 0. The number of hydrogen-bond donors (Lipinski definition) is 0. The molecule has 0 aromatic heterocycles. The largest absolute Gasteiger partial charge is 0.389 e. The molecule has 2 bridgehead atoms. The molecular weight excluding hydrogens is 136 g/mol. The summed E-state index contributed by atoms with van der Waals surface area (Å²) in [6.45, 7) is 0. The van der Waals surface area contributed by atoms with Crippen LogP contribution in [-0.2, 0) is 19.1 Å². The Bertz CT molecular complexity index is 178. The Labute approximate surface area is 57.1 Å². The van der Waals surface area contributed by atoms with Gasteiger partial charge in [0.15, 0.2) is 12.2 Å². The van der Waals surface area contributed by atoms with Crippen LogP contribution in [0.4, 0.5) is 0 Å². The fourth-order valence-corrected chi connectivity index (χ4v) is 1.21. The number of hydrogen-bond acceptors (Lipinski definition) is 4. The molecule has 0 saturated carbocycles. The van der Waals surface area contributed by atoms with E-state index in [1.54, 1.807) is 0 Å². The molecule has 2 aliphatic rings. The summed E-state index contributed by atoms with van der Waals surface area (Å²) in [5, 5.41) is 0. The van der Waals surface area contributed by atoms with E-state index in [0.29, 0.717) is 12.8 Å². The quantitative estimate of drug-likeness (QED) is 0.341. The standard InChI is InChI=1S/C6H6O4/c7-5-3-1-2-4(9-3)6(8)10-5/h3-4H,1-2H2/t3-,4+. The Morgan fingerprint density at radius 2 is 1.60 bits per heavy atom. The zero-order valence-electron chi connectivity index (χ0n) is 5.20. The molecule has 0 aromatic carbocycles. The minimum atomic E-state index is -0.529. The summed E-state index contributed by atoms with van der Waals surface area (Å²) in [4.78, 5) is 21.4. The SMILES string of the molecule is O=C1OC(=O)[C@H]2CC[C@@H]1O2. The maximum Gasteiger partial charge on any atom is 0.342 e. The minimum absolute atomic E-state index is 0.470. The smallest absolute Gasteiger partial charge is 0.342 e. The van der Waals surface area contributed by atoms with Gasteiger partial charge in [-0.15, -0.1) is 0 Å². The molecule has 0 N–H and O–H groups in total. The van der Waals surface area contributed by atoms with Gasteiger partial charge in [-0.05, 0) is 12.8 Å². The van der Waals surface area contributed by atoms with Gasteiger partial charge < -0.3 is 9.47 Å². The Kier molecular flexibility index (Phi) is 1.05. The lowest BCUT2D eigenvalue weighted by atomic mass is 10.2. The maximum absolute atomic E-state index is 10.7. The van der Waals surface area contributed by atoms with Gasteiger partial charge in [-0.2, -0.15) is 0 Å². The van der Waals surface area contributed by atoms with Gasteiger partial charge in [0.2, 0.25) is 0 Å². The van der Waals surface area contributed by atoms with E-state index in [0.717, 1.165) is 0 Å². The van der Waals surface area contributed by atoms with Crippen molar-refractivity contribution >= 4 is 11.9 Å². The number of carbonyl (C=O) groups is 2. The average Bonchev–Trinajstić information content (AvgIpc) is 2.28. The van der Waals surface area contributed by atoms with Gasteiger partial charge in [-0.25, -0.2) is 9.59 Å². The second kappa shape index (κ2) is 1.79. The molecule has 2 saturated heterocycles. The molecule has 0 aliphatic carbocycles. The fraction of sp³-hybridized carbons (Fsp3) is 0.667. The van der Waals surface area contributed by atoms with E-state index < -0.39 is 24.1 Å². The lowest BCUT2D eigenvalue weighted by Gasteiger charge is -2.16. The predicted molar refractivity (Wildman–Crippen MR) is 29.0 cm³/mol. The molecule has 2 rings (SSSR count). The summed E-state index contributed by atoms with van der Waals surface area (Å²) >= 11 is 0. The molecular formula is C6H6O4. The molecule has 4 nitrogen and oxygen atoms in total. The van der Waals surface area contributed by atoms with Crippen molar-refractivity contribution in [1.82, 2.24) is 0 Å². The second-order valence-corrected chi connectivity index (χ2v) is 2.43. The molecule has 0 spiro atoms. The third-order valence-electron chi connectivity index (χ3n) is 1.75. The Morgan fingerprint density at radius 1 is 1.10 bits per heavy atom. The highest BCUT2D eigenvalue weighted by molar-refractivity contribution is 5.93. The van der Waals surface area contributed by atoms with Crippen molar-refractivity contribution in [2.45, 2.75) is 25.0 Å². The lowest BCUT2D eigenvalue weighted by Crippen LogP contribution is -2.37. The van der Waals surface area contributed by atoms with E-state index in [4.69, 9.17) is 4.74 Å². The number of carbonyl (C=O) groups excluding carboxylic acids is 2. The van der Waals surface area contributed by atoms with Crippen LogP contribution < -0.4 is 0 Å². The van der Waals surface area contributed by atoms with Gasteiger partial charge in [-0.1, -0.05) is 0 Å². The van der Waals surface area contributed by atoms with Gasteiger partial charge >= 0.3 is 11.9 Å². The number of rotatable bonds is 0. The summed E-state index contributed by atoms with van der Waals surface area (Å²) in [6.07, 6.45) is 0.301. The topological polar surface area (TPSA) is 52.6 Å². The first-order chi connectivity index (χ1) is 4.77. The average molecular weight is 142 g/mol. The van der Waals surface area contributed by atoms with E-state index in [9.17, 15) is 9.59 Å². The van der Waals surface area contributed by atoms with Gasteiger partial charge in [0.05, 0.1) is 0 Å². The zero-order chi connectivity index (χ0) is 7.14. The van der Waals surface area contributed by atoms with Crippen molar-refractivity contribution in [2.75, 3.05) is 0 Å². The highest BCUT2D eigenvalue weighted by Crippen LogP contribution is 2.25. The van der Waals surface area contributed by atoms with Crippen molar-refractivity contribution in [3.05, 3.63) is 0 Å². The maximum atomic E-state index is 10.7. The van der Waals surface area contributed by atoms with Gasteiger partial charge in [0, 0.05) is 0 Å². The molecule has 0 unspecified atom stereocenters. The van der Waals surface area contributed by atoms with Gasteiger partial charge in [0.1, 0.15) is 0 Å². The molecule has 0 aromatic rings. The Morgan fingerprint density at radius 3 is 2.10 bits per heavy atom. The highest BCUT2D eigenvalue weighted by Gasteiger charge is 2.43. The van der Waals surface area contributed by atoms with Crippen molar-refractivity contribution in [2.24, 2.45) is 0 Å². The summed E-state index contributed by atoms with van der Waals surface area (Å²) in [5.41, 5.74) is 0. The van der Waals surface area contributed by atoms with Crippen LogP contribution in [0.2, 0.25) is 0 Å². The van der Waals surface area contributed by atoms with Crippen molar-refractivity contribution in [3.8, 4) is 0 Å². The van der Waals surface area contributed by atoms with E-state index in [1.807, 2.05) is 0 Å². The van der Waals surface area contributed by atoms with Crippen LogP contribution >= 0.6 is 0 Å². The van der Waals surface area contributed by atoms with E-state index in [1.165, 1.54) is 0 Å². The molecule has 4 heteroatoms. The van der Waals surface area contributed by atoms with Crippen LogP contribution in [0.3, 0.4) is 0 Å². The first-order valence-electron chi connectivity index (χ1n) is 3.18. The number of cyclic esters (lactones) is 2. The first-order valence-corrected chi connectivity index (χ1v) is 3.18. The molecule has 2 heterocycles. The summed E-state index contributed by atoms with van der Waals surface area (Å²) < 4.78 is 9.37. The number of fused-ring (bicyclic) bond motifs is 2. The molecule has 10 heavy (non-hydrogen) atoms. The first kappa shape index (κ1) is 5.85. The summed E-state index contributed by atoms with van der Waals surface area (Å²) in [7, 11) is 0. The normalized spacial score (nSPS) is 38.0. The minimum Gasteiger partial charge on any atom is -0.389 e. The van der Waals surface area contributed by atoms with Gasteiger partial charge in [0.25, 0.3) is 0 Å². The third kappa shape index (κ3) is 0.654. The van der Waals surface area contributed by atoms with E-state index in [2.05, 4.69) is 4.74 Å². The van der Waals surface area contributed by atoms with Crippen molar-refractivity contribution in [1.29, 1.82) is 0 Å². The number of esters is 2. The van der Waals surface area contributed by atoms with Crippen LogP contribution in [0.15, 0.2) is 0 Å². The van der Waals surface area contributed by atoms with Gasteiger partial charge in [-0.3, -0.25) is 0 Å².